The Morgan fingerprint density at radius 3 is 3.00 bits per heavy atom. The molecule has 3 heteroatoms. The summed E-state index contributed by atoms with van der Waals surface area (Å²) in [4.78, 5) is 0. The van der Waals surface area contributed by atoms with Gasteiger partial charge in [-0.3, -0.25) is 0 Å². The van der Waals surface area contributed by atoms with Gasteiger partial charge in [-0.15, -0.1) is 0 Å². The van der Waals surface area contributed by atoms with Gasteiger partial charge in [0.1, 0.15) is 0 Å². The van der Waals surface area contributed by atoms with E-state index in [1.807, 2.05) is 0 Å². The molecule has 10 heavy (non-hydrogen) atoms. The van der Waals surface area contributed by atoms with Crippen LogP contribution in [0.2, 0.25) is 6.04 Å². The second kappa shape index (κ2) is 4.10. The van der Waals surface area contributed by atoms with Gasteiger partial charge in [0.2, 0.25) is 0 Å². The topological polar surface area (TPSA) is 9.23 Å². The fraction of sp³-hybridized carbons (Fsp3) is 0.714. The highest BCUT2D eigenvalue weighted by molar-refractivity contribution is 7.13. The normalized spacial score (nSPS) is 31.0. The van der Waals surface area contributed by atoms with Crippen molar-refractivity contribution in [2.75, 3.05) is 6.61 Å². The first-order chi connectivity index (χ1) is 4.84. The van der Waals surface area contributed by atoms with Crippen molar-refractivity contribution < 1.29 is 4.43 Å². The van der Waals surface area contributed by atoms with Crippen LogP contribution in [-0.2, 0) is 4.43 Å². The number of hydrogen-bond donors (Lipinski definition) is 0. The van der Waals surface area contributed by atoms with Gasteiger partial charge in [-0.25, -0.2) is 0 Å². The van der Waals surface area contributed by atoms with Crippen LogP contribution < -0.4 is 0 Å². The van der Waals surface area contributed by atoms with Crippen LogP contribution in [0.3, 0.4) is 0 Å². The molecule has 0 aromatic heterocycles. The molecule has 0 aromatic carbocycles. The Bertz CT molecular complexity index is 128. The lowest BCUT2D eigenvalue weighted by Gasteiger charge is -2.20. The minimum Gasteiger partial charge on any atom is -0.427 e. The Kier molecular flexibility index (Phi) is 3.38. The molecule has 0 aliphatic carbocycles. The summed E-state index contributed by atoms with van der Waals surface area (Å²) >= 11 is 0. The molecule has 1 atom stereocenters. The zero-order valence-electron chi connectivity index (χ0n) is 6.89. The third-order valence-corrected chi connectivity index (χ3v) is 11.0. The molecule has 1 unspecified atom stereocenters. The van der Waals surface area contributed by atoms with Crippen LogP contribution in [0.5, 0.6) is 0 Å². The lowest BCUT2D eigenvalue weighted by molar-refractivity contribution is 0.335. The molecule has 1 aliphatic heterocycles. The van der Waals surface area contributed by atoms with Gasteiger partial charge in [0.05, 0.1) is 8.31 Å². The summed E-state index contributed by atoms with van der Waals surface area (Å²) in [7, 11) is -0.508. The molecule has 0 N–H and O–H groups in total. The summed E-state index contributed by atoms with van der Waals surface area (Å²) < 4.78 is 5.56. The van der Waals surface area contributed by atoms with Gasteiger partial charge in [-0.2, -0.15) is 0 Å². The lowest BCUT2D eigenvalue weighted by atomic mass is 10.5. The standard InChI is InChI=1S/C7H16OSi2/c1-3-7(2)10-6-4-5-8-9-10/h3,10H,4-6,9H2,1-2H3. The Labute approximate surface area is 66.8 Å². The lowest BCUT2D eigenvalue weighted by Crippen LogP contribution is -2.31. The number of rotatable bonds is 1. The quantitative estimate of drug-likeness (QED) is 0.530. The van der Waals surface area contributed by atoms with Crippen molar-refractivity contribution in [1.82, 2.24) is 0 Å². The molecule has 1 rings (SSSR count). The Hall–Kier alpha value is 0.134. The smallest absolute Gasteiger partial charge is 0.152 e. The van der Waals surface area contributed by atoms with Gasteiger partial charge < -0.3 is 4.43 Å². The first kappa shape index (κ1) is 8.23. The third-order valence-electron chi connectivity index (χ3n) is 2.26. The van der Waals surface area contributed by atoms with Crippen LogP contribution in [0.4, 0.5) is 0 Å². The minimum atomic E-state index is -0.443. The molecule has 1 saturated heterocycles. The predicted molar refractivity (Wildman–Crippen MR) is 50.5 cm³/mol. The average Bonchev–Trinajstić information content (AvgIpc) is 2.05. The van der Waals surface area contributed by atoms with Crippen LogP contribution in [0.15, 0.2) is 11.3 Å². The van der Waals surface area contributed by atoms with E-state index in [1.165, 1.54) is 12.5 Å². The van der Waals surface area contributed by atoms with E-state index in [2.05, 4.69) is 19.9 Å². The molecule has 0 bridgehead atoms. The Morgan fingerprint density at radius 2 is 2.50 bits per heavy atom. The predicted octanol–water partition coefficient (Wildman–Crippen LogP) is 0.720. The van der Waals surface area contributed by atoms with E-state index in [4.69, 9.17) is 4.43 Å². The van der Waals surface area contributed by atoms with E-state index in [9.17, 15) is 0 Å². The summed E-state index contributed by atoms with van der Waals surface area (Å²) in [5.41, 5.74) is 0. The second-order valence-corrected chi connectivity index (χ2v) is 10.5. The minimum absolute atomic E-state index is 0.0654. The fourth-order valence-corrected chi connectivity index (χ4v) is 8.22. The van der Waals surface area contributed by atoms with Crippen molar-refractivity contribution in [1.29, 1.82) is 0 Å². The van der Waals surface area contributed by atoms with Crippen molar-refractivity contribution in [3.05, 3.63) is 11.3 Å². The van der Waals surface area contributed by atoms with Crippen molar-refractivity contribution in [3.8, 4) is 0 Å². The maximum absolute atomic E-state index is 5.56. The molecular formula is C7H16OSi2. The van der Waals surface area contributed by atoms with Gasteiger partial charge >= 0.3 is 0 Å². The zero-order valence-corrected chi connectivity index (χ0v) is 9.46. The highest BCUT2D eigenvalue weighted by atomic mass is 29.2. The SMILES string of the molecule is CC=C(C)[SiH]1CCCO[SiH2]1. The van der Waals surface area contributed by atoms with Gasteiger partial charge in [0.25, 0.3) is 0 Å². The Balaban J connectivity index is 2.39. The van der Waals surface area contributed by atoms with Crippen LogP contribution in [0.1, 0.15) is 20.3 Å². The average molecular weight is 172 g/mol. The summed E-state index contributed by atoms with van der Waals surface area (Å²) in [6.45, 7) is 5.51. The van der Waals surface area contributed by atoms with E-state index in [1.54, 1.807) is 5.20 Å². The number of hydrogen-bond acceptors (Lipinski definition) is 1. The van der Waals surface area contributed by atoms with Crippen LogP contribution in [0.25, 0.3) is 0 Å². The van der Waals surface area contributed by atoms with Gasteiger partial charge in [0.15, 0.2) is 9.28 Å². The maximum atomic E-state index is 5.56. The van der Waals surface area contributed by atoms with Crippen molar-refractivity contribution in [2.24, 2.45) is 0 Å². The van der Waals surface area contributed by atoms with Crippen LogP contribution in [0, 0.1) is 0 Å². The summed E-state index contributed by atoms with van der Waals surface area (Å²) in [5.74, 6) is 0. The van der Waals surface area contributed by atoms with Crippen molar-refractivity contribution in [3.63, 3.8) is 0 Å². The van der Waals surface area contributed by atoms with Crippen molar-refractivity contribution in [2.45, 2.75) is 26.3 Å². The molecule has 1 heterocycles. The van der Waals surface area contributed by atoms with Gasteiger partial charge in [-0.05, 0) is 20.3 Å². The molecule has 0 saturated carbocycles. The van der Waals surface area contributed by atoms with Crippen molar-refractivity contribution >= 4 is 17.6 Å². The van der Waals surface area contributed by atoms with E-state index in [0.717, 1.165) is 6.61 Å². The summed E-state index contributed by atoms with van der Waals surface area (Å²) in [6, 6.07) is 1.52. The molecule has 1 aliphatic rings. The summed E-state index contributed by atoms with van der Waals surface area (Å²) in [5, 5.41) is 1.69. The molecule has 0 spiro atoms. The van der Waals surface area contributed by atoms with Crippen LogP contribution >= 0.6 is 0 Å². The van der Waals surface area contributed by atoms with E-state index in [0.29, 0.717) is 0 Å². The van der Waals surface area contributed by atoms with Gasteiger partial charge in [-0.1, -0.05) is 17.3 Å². The van der Waals surface area contributed by atoms with E-state index in [-0.39, 0.29) is 9.28 Å². The van der Waals surface area contributed by atoms with Gasteiger partial charge in [0, 0.05) is 6.61 Å². The second-order valence-electron chi connectivity index (χ2n) is 2.95. The third kappa shape index (κ3) is 2.07. The van der Waals surface area contributed by atoms with E-state index < -0.39 is 8.31 Å². The highest BCUT2D eigenvalue weighted by Gasteiger charge is 2.16. The highest BCUT2D eigenvalue weighted by Crippen LogP contribution is 2.11. The first-order valence-corrected chi connectivity index (χ1v) is 9.29. The molecule has 1 fully saturated rings. The maximum Gasteiger partial charge on any atom is 0.152 e. The first-order valence-electron chi connectivity index (χ1n) is 4.05. The molecular weight excluding hydrogens is 156 g/mol. The molecule has 58 valence electrons. The molecule has 0 radical (unpaired) electrons. The fourth-order valence-electron chi connectivity index (χ4n) is 1.34. The largest absolute Gasteiger partial charge is 0.427 e. The zero-order chi connectivity index (χ0) is 7.40. The Morgan fingerprint density at radius 1 is 1.70 bits per heavy atom. The molecule has 0 aromatic rings. The van der Waals surface area contributed by atoms with E-state index >= 15 is 0 Å². The summed E-state index contributed by atoms with van der Waals surface area (Å²) in [6.07, 6.45) is 3.62. The molecule has 0 amide bonds. The van der Waals surface area contributed by atoms with Crippen LogP contribution in [-0.4, -0.2) is 24.2 Å². The molecule has 1 nitrogen and oxygen atoms in total. The number of allylic oxidation sites excluding steroid dienone is 2. The monoisotopic (exact) mass is 172 g/mol.